The highest BCUT2D eigenvalue weighted by Gasteiger charge is 2.58. The van der Waals surface area contributed by atoms with Crippen molar-refractivity contribution < 1.29 is 19.1 Å². The number of nitrogens with one attached hydrogen (secondary N) is 2. The zero-order valence-corrected chi connectivity index (χ0v) is 18.3. The van der Waals surface area contributed by atoms with Gasteiger partial charge in [0, 0.05) is 26.1 Å². The Bertz CT molecular complexity index is 588. The number of hydrogen-bond acceptors (Lipinski definition) is 4. The molecule has 2 amide bonds. The maximum absolute atomic E-state index is 12.9. The van der Waals surface area contributed by atoms with Gasteiger partial charge < -0.3 is 20.1 Å². The van der Waals surface area contributed by atoms with Crippen molar-refractivity contribution in [2.45, 2.75) is 89.1 Å². The fourth-order valence-corrected chi connectivity index (χ4v) is 8.01. The molecule has 6 rings (SSSR count). The molecule has 0 radical (unpaired) electrons. The monoisotopic (exact) mass is 418 g/mol. The minimum atomic E-state index is 0.109. The van der Waals surface area contributed by atoms with Crippen LogP contribution < -0.4 is 10.6 Å². The molecule has 2 N–H and O–H groups in total. The number of hydrogen-bond donors (Lipinski definition) is 2. The van der Waals surface area contributed by atoms with Gasteiger partial charge in [0.05, 0.1) is 25.3 Å². The summed E-state index contributed by atoms with van der Waals surface area (Å²) in [5.41, 5.74) is 0.218. The highest BCUT2D eigenvalue weighted by Crippen LogP contribution is 2.67. The number of amides is 2. The standard InChI is InChI=1S/C24H38N2O4/c27-21(25-19-3-1-5-29-14-19)12-23-8-17-7-18(9-23)11-24(10-17,16-23)13-22(28)26-20-4-2-6-30-15-20/h17-20H,1-16H2,(H,25,27)(H,26,28). The van der Waals surface area contributed by atoms with Crippen LogP contribution in [-0.4, -0.2) is 50.3 Å². The quantitative estimate of drug-likeness (QED) is 0.695. The molecule has 0 spiro atoms. The van der Waals surface area contributed by atoms with E-state index >= 15 is 0 Å². The van der Waals surface area contributed by atoms with Gasteiger partial charge in [0.1, 0.15) is 0 Å². The van der Waals surface area contributed by atoms with E-state index in [4.69, 9.17) is 9.47 Å². The Kier molecular flexibility index (Phi) is 5.82. The van der Waals surface area contributed by atoms with Gasteiger partial charge in [0.25, 0.3) is 0 Å². The first-order valence-electron chi connectivity index (χ1n) is 12.3. The summed E-state index contributed by atoms with van der Waals surface area (Å²) in [5.74, 6) is 1.79. The molecule has 6 heteroatoms. The van der Waals surface area contributed by atoms with Crippen molar-refractivity contribution in [2.24, 2.45) is 22.7 Å². The summed E-state index contributed by atoms with van der Waals surface area (Å²) in [6.45, 7) is 2.94. The molecular formula is C24H38N2O4. The molecule has 4 aliphatic carbocycles. The van der Waals surface area contributed by atoms with E-state index in [1.54, 1.807) is 0 Å². The first-order chi connectivity index (χ1) is 14.5. The summed E-state index contributed by atoms with van der Waals surface area (Å²) in [6.07, 6.45) is 12.5. The summed E-state index contributed by atoms with van der Waals surface area (Å²) in [4.78, 5) is 25.9. The predicted octanol–water partition coefficient (Wildman–Crippen LogP) is 2.94. The second kappa shape index (κ2) is 8.42. The third-order valence-electron chi connectivity index (χ3n) is 8.43. The van der Waals surface area contributed by atoms with Gasteiger partial charge in [-0.2, -0.15) is 0 Å². The van der Waals surface area contributed by atoms with E-state index in [0.717, 1.165) is 45.3 Å². The zero-order valence-electron chi connectivity index (χ0n) is 18.3. The maximum Gasteiger partial charge on any atom is 0.220 e. The molecule has 168 valence electrons. The van der Waals surface area contributed by atoms with Crippen LogP contribution in [0.3, 0.4) is 0 Å². The highest BCUT2D eigenvalue weighted by molar-refractivity contribution is 5.78. The van der Waals surface area contributed by atoms with Crippen LogP contribution in [0.1, 0.15) is 77.0 Å². The summed E-state index contributed by atoms with van der Waals surface area (Å²) in [6, 6.07) is 0.357. The minimum Gasteiger partial charge on any atom is -0.379 e. The van der Waals surface area contributed by atoms with Crippen molar-refractivity contribution in [1.82, 2.24) is 10.6 Å². The van der Waals surface area contributed by atoms with Gasteiger partial charge in [0.2, 0.25) is 11.8 Å². The molecule has 4 bridgehead atoms. The molecule has 2 aliphatic heterocycles. The first-order valence-corrected chi connectivity index (χ1v) is 12.3. The van der Waals surface area contributed by atoms with E-state index in [1.807, 2.05) is 0 Å². The van der Waals surface area contributed by atoms with Crippen LogP contribution in [0.15, 0.2) is 0 Å². The van der Waals surface area contributed by atoms with Crippen LogP contribution in [0.4, 0.5) is 0 Å². The topological polar surface area (TPSA) is 76.7 Å². The van der Waals surface area contributed by atoms with Gasteiger partial charge in [-0.25, -0.2) is 0 Å². The van der Waals surface area contributed by atoms with Crippen molar-refractivity contribution in [2.75, 3.05) is 26.4 Å². The molecule has 0 aromatic heterocycles. The van der Waals surface area contributed by atoms with E-state index in [0.29, 0.717) is 37.9 Å². The molecular weight excluding hydrogens is 380 g/mol. The van der Waals surface area contributed by atoms with E-state index in [1.165, 1.54) is 32.1 Å². The normalized spacial score (nSPS) is 42.7. The Morgan fingerprint density at radius 1 is 0.767 bits per heavy atom. The summed E-state index contributed by atoms with van der Waals surface area (Å²) in [5, 5.41) is 6.49. The lowest BCUT2D eigenvalue weighted by molar-refractivity contribution is -0.147. The fourth-order valence-electron chi connectivity index (χ4n) is 8.01. The van der Waals surface area contributed by atoms with Gasteiger partial charge >= 0.3 is 0 Å². The molecule has 6 fully saturated rings. The van der Waals surface area contributed by atoms with Gasteiger partial charge in [-0.3, -0.25) is 9.59 Å². The molecule has 0 aromatic carbocycles. The second-order valence-corrected chi connectivity index (χ2v) is 11.3. The van der Waals surface area contributed by atoms with Crippen LogP contribution in [0.5, 0.6) is 0 Å². The van der Waals surface area contributed by atoms with Crippen molar-refractivity contribution >= 4 is 11.8 Å². The Labute approximate surface area is 180 Å². The average Bonchev–Trinajstić information content (AvgIpc) is 2.67. The zero-order chi connectivity index (χ0) is 20.6. The van der Waals surface area contributed by atoms with Gasteiger partial charge in [0.15, 0.2) is 0 Å². The molecule has 6 nitrogen and oxygen atoms in total. The Morgan fingerprint density at radius 2 is 1.23 bits per heavy atom. The lowest BCUT2D eigenvalue weighted by Gasteiger charge is -2.62. The van der Waals surface area contributed by atoms with Crippen molar-refractivity contribution in [3.63, 3.8) is 0 Å². The SMILES string of the molecule is O=C(CC12CC3CC(C1)CC(CC(=O)NC1CCCOC1)(C3)C2)NC1CCCOC1. The molecule has 4 saturated carbocycles. The minimum absolute atomic E-state index is 0.109. The summed E-state index contributed by atoms with van der Waals surface area (Å²) in [7, 11) is 0. The summed E-state index contributed by atoms with van der Waals surface area (Å²) >= 11 is 0. The first kappa shape index (κ1) is 20.7. The predicted molar refractivity (Wildman–Crippen MR) is 113 cm³/mol. The molecule has 30 heavy (non-hydrogen) atoms. The van der Waals surface area contributed by atoms with Crippen LogP contribution >= 0.6 is 0 Å². The molecule has 2 unspecified atom stereocenters. The smallest absolute Gasteiger partial charge is 0.220 e. The van der Waals surface area contributed by atoms with Gasteiger partial charge in [-0.05, 0) is 86.9 Å². The van der Waals surface area contributed by atoms with E-state index in [9.17, 15) is 9.59 Å². The summed E-state index contributed by atoms with van der Waals surface area (Å²) < 4.78 is 11.1. The number of carbonyl (C=O) groups excluding carboxylic acids is 2. The number of ether oxygens (including phenoxy) is 2. The Hall–Kier alpha value is -1.14. The Balaban J connectivity index is 1.21. The average molecular weight is 419 g/mol. The van der Waals surface area contributed by atoms with Crippen molar-refractivity contribution in [3.8, 4) is 0 Å². The van der Waals surface area contributed by atoms with Gasteiger partial charge in [-0.15, -0.1) is 0 Å². The molecule has 2 heterocycles. The van der Waals surface area contributed by atoms with Crippen LogP contribution in [0.2, 0.25) is 0 Å². The number of rotatable bonds is 6. The fraction of sp³-hybridized carbons (Fsp3) is 0.917. The van der Waals surface area contributed by atoms with Gasteiger partial charge in [-0.1, -0.05) is 0 Å². The van der Waals surface area contributed by atoms with E-state index < -0.39 is 0 Å². The van der Waals surface area contributed by atoms with Crippen LogP contribution in [0.25, 0.3) is 0 Å². The Morgan fingerprint density at radius 3 is 1.63 bits per heavy atom. The number of carbonyl (C=O) groups is 2. The van der Waals surface area contributed by atoms with Crippen LogP contribution in [-0.2, 0) is 19.1 Å². The van der Waals surface area contributed by atoms with E-state index in [-0.39, 0.29) is 34.7 Å². The lowest BCUT2D eigenvalue weighted by Crippen LogP contribution is -2.55. The molecule has 6 aliphatic rings. The third-order valence-corrected chi connectivity index (χ3v) is 8.43. The largest absolute Gasteiger partial charge is 0.379 e. The van der Waals surface area contributed by atoms with E-state index in [2.05, 4.69) is 10.6 Å². The van der Waals surface area contributed by atoms with Crippen molar-refractivity contribution in [1.29, 1.82) is 0 Å². The maximum atomic E-state index is 12.9. The lowest BCUT2D eigenvalue weighted by atomic mass is 9.43. The molecule has 2 saturated heterocycles. The van der Waals surface area contributed by atoms with Crippen LogP contribution in [0, 0.1) is 22.7 Å². The molecule has 0 aromatic rings. The van der Waals surface area contributed by atoms with Crippen molar-refractivity contribution in [3.05, 3.63) is 0 Å². The second-order valence-electron chi connectivity index (χ2n) is 11.3. The third kappa shape index (κ3) is 4.55. The molecule has 2 atom stereocenters. The highest BCUT2D eigenvalue weighted by atomic mass is 16.5.